The Hall–Kier alpha value is -1.57. The van der Waals surface area contributed by atoms with Gasteiger partial charge in [-0.25, -0.2) is 4.98 Å². The molecule has 0 radical (unpaired) electrons. The highest BCUT2D eigenvalue weighted by Crippen LogP contribution is 2.31. The molecule has 0 aliphatic rings. The molecule has 192 valence electrons. The quantitative estimate of drug-likeness (QED) is 0.158. The zero-order valence-corrected chi connectivity index (χ0v) is 22.6. The molecular formula is C32H54N2. The van der Waals surface area contributed by atoms with Crippen LogP contribution >= 0.6 is 0 Å². The first-order valence-electron chi connectivity index (χ1n) is 14.9. The van der Waals surface area contributed by atoms with Gasteiger partial charge < -0.3 is 4.57 Å². The summed E-state index contributed by atoms with van der Waals surface area (Å²) in [5.74, 6) is 0.693. The summed E-state index contributed by atoms with van der Waals surface area (Å²) in [6.07, 6.45) is 32.6. The van der Waals surface area contributed by atoms with Gasteiger partial charge in [0.1, 0.15) is 0 Å². The number of imidazole rings is 1. The zero-order valence-electron chi connectivity index (χ0n) is 22.6. The van der Waals surface area contributed by atoms with E-state index in [1.807, 2.05) is 12.5 Å². The molecule has 2 unspecified atom stereocenters. The van der Waals surface area contributed by atoms with Gasteiger partial charge in [-0.15, -0.1) is 0 Å². The lowest BCUT2D eigenvalue weighted by molar-refractivity contribution is 0.280. The van der Waals surface area contributed by atoms with Crippen molar-refractivity contribution in [3.8, 4) is 0 Å². The second-order valence-corrected chi connectivity index (χ2v) is 10.6. The van der Waals surface area contributed by atoms with E-state index >= 15 is 0 Å². The van der Waals surface area contributed by atoms with Gasteiger partial charge in [-0.2, -0.15) is 0 Å². The van der Waals surface area contributed by atoms with Crippen LogP contribution < -0.4 is 0 Å². The molecule has 2 aromatic rings. The number of aromatic nitrogens is 2. The van der Waals surface area contributed by atoms with E-state index in [-0.39, 0.29) is 0 Å². The number of nitrogens with zero attached hydrogens (tertiary/aromatic N) is 2. The van der Waals surface area contributed by atoms with Crippen molar-refractivity contribution in [2.45, 2.75) is 142 Å². The van der Waals surface area contributed by atoms with E-state index in [1.165, 1.54) is 128 Å². The summed E-state index contributed by atoms with van der Waals surface area (Å²) in [4.78, 5) is 4.35. The summed E-state index contributed by atoms with van der Waals surface area (Å²) < 4.78 is 2.38. The maximum absolute atomic E-state index is 4.35. The number of rotatable bonds is 22. The Morgan fingerprint density at radius 1 is 0.647 bits per heavy atom. The summed E-state index contributed by atoms with van der Waals surface area (Å²) in [7, 11) is 0. The van der Waals surface area contributed by atoms with Crippen molar-refractivity contribution in [3.05, 3.63) is 54.6 Å². The van der Waals surface area contributed by atoms with Crippen LogP contribution in [0.3, 0.4) is 0 Å². The van der Waals surface area contributed by atoms with Crippen LogP contribution in [0.15, 0.2) is 49.1 Å². The highest BCUT2D eigenvalue weighted by molar-refractivity contribution is 5.15. The molecule has 34 heavy (non-hydrogen) atoms. The number of hydrogen-bond donors (Lipinski definition) is 0. The lowest BCUT2D eigenvalue weighted by atomic mass is 9.85. The summed E-state index contributed by atoms with van der Waals surface area (Å²) in [5.41, 5.74) is 1.48. The Labute approximate surface area is 212 Å². The number of benzene rings is 1. The fourth-order valence-electron chi connectivity index (χ4n) is 5.51. The van der Waals surface area contributed by atoms with Crippen LogP contribution in [0.5, 0.6) is 0 Å². The second-order valence-electron chi connectivity index (χ2n) is 10.6. The van der Waals surface area contributed by atoms with Gasteiger partial charge in [-0.3, -0.25) is 0 Å². The van der Waals surface area contributed by atoms with E-state index in [9.17, 15) is 0 Å². The van der Waals surface area contributed by atoms with Gasteiger partial charge in [0.15, 0.2) is 0 Å². The fraction of sp³-hybridized carbons (Fsp3) is 0.719. The topological polar surface area (TPSA) is 17.8 Å². The zero-order chi connectivity index (χ0) is 24.1. The van der Waals surface area contributed by atoms with Crippen molar-refractivity contribution in [3.63, 3.8) is 0 Å². The van der Waals surface area contributed by atoms with E-state index < -0.39 is 0 Å². The lowest BCUT2D eigenvalue weighted by Crippen LogP contribution is -2.21. The Morgan fingerprint density at radius 2 is 1.21 bits per heavy atom. The minimum Gasteiger partial charge on any atom is -0.334 e. The molecule has 0 aliphatic carbocycles. The van der Waals surface area contributed by atoms with E-state index in [1.54, 1.807) is 0 Å². The third-order valence-corrected chi connectivity index (χ3v) is 7.56. The predicted octanol–water partition coefficient (Wildman–Crippen LogP) is 10.3. The standard InChI is InChI=1S/C32H54N2/c1-3-5-6-7-8-9-10-11-12-13-14-15-16-17-21-25-31(28-30-23-19-18-20-24-30)32(22-4-2)34-27-26-33-29-34/h18-20,23-24,26-27,29,31-32H,3-17,21-22,25,28H2,1-2H3. The molecule has 2 heteroatoms. The van der Waals surface area contributed by atoms with E-state index in [2.05, 4.69) is 59.9 Å². The van der Waals surface area contributed by atoms with Crippen LogP contribution in [0.25, 0.3) is 0 Å². The smallest absolute Gasteiger partial charge is 0.0948 e. The molecule has 1 aromatic heterocycles. The third kappa shape index (κ3) is 12.8. The Kier molecular flexibility index (Phi) is 16.6. The average Bonchev–Trinajstić information content (AvgIpc) is 3.39. The van der Waals surface area contributed by atoms with Crippen LogP contribution in [-0.4, -0.2) is 9.55 Å². The Bertz CT molecular complexity index is 664. The summed E-state index contributed by atoms with van der Waals surface area (Å²) in [6.45, 7) is 4.62. The minimum absolute atomic E-state index is 0.569. The van der Waals surface area contributed by atoms with Crippen LogP contribution in [0, 0.1) is 5.92 Å². The van der Waals surface area contributed by atoms with E-state index in [0.29, 0.717) is 12.0 Å². The van der Waals surface area contributed by atoms with Crippen molar-refractivity contribution in [2.24, 2.45) is 5.92 Å². The van der Waals surface area contributed by atoms with Gasteiger partial charge in [-0.1, -0.05) is 147 Å². The molecular weight excluding hydrogens is 412 g/mol. The van der Waals surface area contributed by atoms with Gasteiger partial charge in [0.25, 0.3) is 0 Å². The molecule has 1 aromatic carbocycles. The first kappa shape index (κ1) is 28.7. The largest absolute Gasteiger partial charge is 0.334 e. The second kappa shape index (κ2) is 19.7. The van der Waals surface area contributed by atoms with Crippen molar-refractivity contribution >= 4 is 0 Å². The molecule has 0 saturated heterocycles. The Balaban J connectivity index is 1.60. The lowest BCUT2D eigenvalue weighted by Gasteiger charge is -2.28. The summed E-state index contributed by atoms with van der Waals surface area (Å²) in [5, 5.41) is 0. The molecule has 0 fully saturated rings. The summed E-state index contributed by atoms with van der Waals surface area (Å²) >= 11 is 0. The number of unbranched alkanes of at least 4 members (excludes halogenated alkanes) is 14. The van der Waals surface area contributed by atoms with E-state index in [0.717, 1.165) is 0 Å². The fourth-order valence-corrected chi connectivity index (χ4v) is 5.51. The first-order chi connectivity index (χ1) is 16.8. The number of hydrogen-bond acceptors (Lipinski definition) is 1. The molecule has 0 bridgehead atoms. The molecule has 2 rings (SSSR count). The Morgan fingerprint density at radius 3 is 1.71 bits per heavy atom. The average molecular weight is 467 g/mol. The molecule has 0 aliphatic heterocycles. The van der Waals surface area contributed by atoms with Crippen LogP contribution in [-0.2, 0) is 6.42 Å². The molecule has 0 saturated carbocycles. The van der Waals surface area contributed by atoms with Gasteiger partial charge in [0.05, 0.1) is 6.33 Å². The SMILES string of the molecule is CCCCCCCCCCCCCCCCCC(Cc1ccccc1)C(CCC)n1ccnc1. The molecule has 0 N–H and O–H groups in total. The van der Waals surface area contributed by atoms with Gasteiger partial charge >= 0.3 is 0 Å². The van der Waals surface area contributed by atoms with Crippen LogP contribution in [0.1, 0.15) is 141 Å². The van der Waals surface area contributed by atoms with Gasteiger partial charge in [0, 0.05) is 18.4 Å². The van der Waals surface area contributed by atoms with Crippen molar-refractivity contribution in [1.82, 2.24) is 9.55 Å². The maximum Gasteiger partial charge on any atom is 0.0948 e. The monoisotopic (exact) mass is 466 g/mol. The molecule has 2 nitrogen and oxygen atoms in total. The van der Waals surface area contributed by atoms with Gasteiger partial charge in [0.2, 0.25) is 0 Å². The highest BCUT2D eigenvalue weighted by Gasteiger charge is 2.22. The van der Waals surface area contributed by atoms with Crippen LogP contribution in [0.2, 0.25) is 0 Å². The van der Waals surface area contributed by atoms with E-state index in [4.69, 9.17) is 0 Å². The normalized spacial score (nSPS) is 13.2. The minimum atomic E-state index is 0.569. The predicted molar refractivity (Wildman–Crippen MR) is 149 cm³/mol. The third-order valence-electron chi connectivity index (χ3n) is 7.56. The highest BCUT2D eigenvalue weighted by atomic mass is 15.1. The maximum atomic E-state index is 4.35. The van der Waals surface area contributed by atoms with Crippen molar-refractivity contribution in [2.75, 3.05) is 0 Å². The molecule has 0 amide bonds. The molecule has 1 heterocycles. The van der Waals surface area contributed by atoms with Crippen molar-refractivity contribution in [1.29, 1.82) is 0 Å². The first-order valence-corrected chi connectivity index (χ1v) is 14.9. The van der Waals surface area contributed by atoms with Crippen LogP contribution in [0.4, 0.5) is 0 Å². The molecule has 2 atom stereocenters. The molecule has 0 spiro atoms. The summed E-state index contributed by atoms with van der Waals surface area (Å²) in [6, 6.07) is 11.7. The van der Waals surface area contributed by atoms with Crippen molar-refractivity contribution < 1.29 is 0 Å². The van der Waals surface area contributed by atoms with Gasteiger partial charge in [-0.05, 0) is 30.7 Å².